The molecule has 0 aliphatic heterocycles. The van der Waals surface area contributed by atoms with Gasteiger partial charge in [-0.15, -0.1) is 0 Å². The highest BCUT2D eigenvalue weighted by Crippen LogP contribution is 2.21. The predicted octanol–water partition coefficient (Wildman–Crippen LogP) is 5.26. The van der Waals surface area contributed by atoms with E-state index in [4.69, 9.17) is 0 Å². The van der Waals surface area contributed by atoms with Crippen LogP contribution in [0.3, 0.4) is 0 Å². The Morgan fingerprint density at radius 1 is 1.14 bits per heavy atom. The third-order valence-corrected chi connectivity index (χ3v) is 3.99. The second-order valence-electron chi connectivity index (χ2n) is 5.19. The molecule has 1 atom stereocenters. The van der Waals surface area contributed by atoms with Gasteiger partial charge in [-0.1, -0.05) is 53.2 Å². The molecule has 0 spiro atoms. The van der Waals surface area contributed by atoms with Crippen molar-refractivity contribution >= 4 is 15.9 Å². The van der Waals surface area contributed by atoms with Crippen molar-refractivity contribution in [2.24, 2.45) is 0 Å². The largest absolute Gasteiger partial charge is 0.310 e. The van der Waals surface area contributed by atoms with Crippen LogP contribution >= 0.6 is 15.9 Å². The molecular weight excluding hydrogens is 329 g/mol. The number of nitrogens with one attached hydrogen (secondary N) is 1. The number of halogens is 2. The molecule has 0 amide bonds. The summed E-state index contributed by atoms with van der Waals surface area (Å²) in [5, 5.41) is 3.52. The molecule has 2 aromatic rings. The van der Waals surface area contributed by atoms with Crippen molar-refractivity contribution in [3.05, 3.63) is 69.9 Å². The van der Waals surface area contributed by atoms with Crippen molar-refractivity contribution in [2.45, 2.75) is 32.2 Å². The molecule has 0 aliphatic carbocycles. The van der Waals surface area contributed by atoms with Gasteiger partial charge in [0.15, 0.2) is 0 Å². The maximum Gasteiger partial charge on any atom is 0.124 e. The summed E-state index contributed by atoms with van der Waals surface area (Å²) >= 11 is 3.34. The van der Waals surface area contributed by atoms with Crippen LogP contribution in [-0.4, -0.2) is 6.54 Å². The smallest absolute Gasteiger partial charge is 0.124 e. The number of benzene rings is 2. The van der Waals surface area contributed by atoms with E-state index in [1.807, 2.05) is 12.1 Å². The highest BCUT2D eigenvalue weighted by atomic mass is 79.9. The molecule has 112 valence electrons. The van der Waals surface area contributed by atoms with Crippen LogP contribution in [0.2, 0.25) is 0 Å². The second kappa shape index (κ2) is 8.30. The van der Waals surface area contributed by atoms with E-state index in [1.165, 1.54) is 11.6 Å². The van der Waals surface area contributed by atoms with Crippen LogP contribution in [0, 0.1) is 5.82 Å². The van der Waals surface area contributed by atoms with Crippen LogP contribution in [-0.2, 0) is 6.42 Å². The lowest BCUT2D eigenvalue weighted by atomic mass is 9.99. The lowest BCUT2D eigenvalue weighted by Gasteiger charge is -2.18. The van der Waals surface area contributed by atoms with Gasteiger partial charge in [0.2, 0.25) is 0 Å². The normalized spacial score (nSPS) is 12.3. The highest BCUT2D eigenvalue weighted by molar-refractivity contribution is 9.10. The van der Waals surface area contributed by atoms with Crippen LogP contribution in [0.4, 0.5) is 4.39 Å². The van der Waals surface area contributed by atoms with Gasteiger partial charge in [-0.05, 0) is 55.1 Å². The van der Waals surface area contributed by atoms with E-state index in [1.54, 1.807) is 6.07 Å². The first-order valence-corrected chi connectivity index (χ1v) is 8.21. The maximum atomic E-state index is 13.4. The summed E-state index contributed by atoms with van der Waals surface area (Å²) in [6.45, 7) is 3.07. The molecule has 21 heavy (non-hydrogen) atoms. The first kappa shape index (κ1) is 16.2. The van der Waals surface area contributed by atoms with Crippen molar-refractivity contribution < 1.29 is 4.39 Å². The van der Waals surface area contributed by atoms with E-state index in [0.29, 0.717) is 6.04 Å². The fourth-order valence-corrected chi connectivity index (χ4v) is 3.10. The molecule has 0 aromatic heterocycles. The maximum absolute atomic E-state index is 13.4. The lowest BCUT2D eigenvalue weighted by Crippen LogP contribution is -2.20. The molecule has 0 heterocycles. The van der Waals surface area contributed by atoms with Gasteiger partial charge in [0.1, 0.15) is 5.82 Å². The van der Waals surface area contributed by atoms with Gasteiger partial charge < -0.3 is 5.32 Å². The summed E-state index contributed by atoms with van der Waals surface area (Å²) in [7, 11) is 0. The van der Waals surface area contributed by atoms with Crippen molar-refractivity contribution in [2.75, 3.05) is 6.54 Å². The van der Waals surface area contributed by atoms with E-state index >= 15 is 0 Å². The van der Waals surface area contributed by atoms with Crippen LogP contribution in [0.25, 0.3) is 0 Å². The average Bonchev–Trinajstić information content (AvgIpc) is 2.46. The van der Waals surface area contributed by atoms with Gasteiger partial charge in [0.05, 0.1) is 0 Å². The van der Waals surface area contributed by atoms with Crippen LogP contribution in [0.5, 0.6) is 0 Å². The molecule has 1 nitrogen and oxygen atoms in total. The van der Waals surface area contributed by atoms with E-state index in [9.17, 15) is 4.39 Å². The van der Waals surface area contributed by atoms with Gasteiger partial charge in [0.25, 0.3) is 0 Å². The Balaban J connectivity index is 1.93. The summed E-state index contributed by atoms with van der Waals surface area (Å²) < 4.78 is 14.2. The van der Waals surface area contributed by atoms with Crippen LogP contribution in [0.15, 0.2) is 53.0 Å². The van der Waals surface area contributed by atoms with Gasteiger partial charge in [-0.25, -0.2) is 4.39 Å². The zero-order valence-corrected chi connectivity index (χ0v) is 13.9. The monoisotopic (exact) mass is 349 g/mol. The molecule has 1 N–H and O–H groups in total. The van der Waals surface area contributed by atoms with Crippen molar-refractivity contribution in [1.29, 1.82) is 0 Å². The van der Waals surface area contributed by atoms with Crippen molar-refractivity contribution in [1.82, 2.24) is 5.32 Å². The SMILES string of the molecule is CCNC(CCCc1cc(F)cc(Br)c1)c1ccccc1. The van der Waals surface area contributed by atoms with Crippen LogP contribution < -0.4 is 5.32 Å². The molecule has 1 unspecified atom stereocenters. The Kier molecular flexibility index (Phi) is 6.40. The van der Waals surface area contributed by atoms with Crippen molar-refractivity contribution in [3.8, 4) is 0 Å². The van der Waals surface area contributed by atoms with Gasteiger partial charge >= 0.3 is 0 Å². The molecule has 0 fully saturated rings. The summed E-state index contributed by atoms with van der Waals surface area (Å²) in [6, 6.07) is 16.0. The predicted molar refractivity (Wildman–Crippen MR) is 89.9 cm³/mol. The van der Waals surface area contributed by atoms with Gasteiger partial charge in [-0.3, -0.25) is 0 Å². The van der Waals surface area contributed by atoms with E-state index in [0.717, 1.165) is 35.8 Å². The number of rotatable bonds is 7. The standard InChI is InChI=1S/C18H21BrFN/c1-2-21-18(15-8-4-3-5-9-15)10-6-7-14-11-16(19)13-17(20)12-14/h3-5,8-9,11-13,18,21H,2,6-7,10H2,1H3. The molecule has 0 radical (unpaired) electrons. The fraction of sp³-hybridized carbons (Fsp3) is 0.333. The first-order valence-electron chi connectivity index (χ1n) is 7.42. The molecule has 2 rings (SSSR count). The zero-order valence-electron chi connectivity index (χ0n) is 12.3. The topological polar surface area (TPSA) is 12.0 Å². The van der Waals surface area contributed by atoms with E-state index in [-0.39, 0.29) is 5.82 Å². The molecule has 0 aliphatic rings. The molecule has 2 aromatic carbocycles. The Bertz CT molecular complexity index is 536. The lowest BCUT2D eigenvalue weighted by molar-refractivity contribution is 0.497. The molecule has 0 saturated heterocycles. The molecule has 3 heteroatoms. The number of hydrogen-bond donors (Lipinski definition) is 1. The van der Waals surface area contributed by atoms with Gasteiger partial charge in [0, 0.05) is 10.5 Å². The Morgan fingerprint density at radius 2 is 1.90 bits per heavy atom. The minimum atomic E-state index is -0.175. The summed E-state index contributed by atoms with van der Waals surface area (Å²) in [5.74, 6) is -0.175. The highest BCUT2D eigenvalue weighted by Gasteiger charge is 2.09. The third kappa shape index (κ3) is 5.25. The average molecular weight is 350 g/mol. The number of hydrogen-bond acceptors (Lipinski definition) is 1. The Morgan fingerprint density at radius 3 is 2.57 bits per heavy atom. The molecular formula is C18H21BrFN. The quantitative estimate of drug-likeness (QED) is 0.718. The summed E-state index contributed by atoms with van der Waals surface area (Å²) in [4.78, 5) is 0. The molecule has 0 bridgehead atoms. The van der Waals surface area contributed by atoms with E-state index in [2.05, 4.69) is 52.4 Å². The minimum absolute atomic E-state index is 0.175. The third-order valence-electron chi connectivity index (χ3n) is 3.53. The van der Waals surface area contributed by atoms with Crippen molar-refractivity contribution in [3.63, 3.8) is 0 Å². The second-order valence-corrected chi connectivity index (χ2v) is 6.11. The van der Waals surface area contributed by atoms with Crippen LogP contribution in [0.1, 0.15) is 36.9 Å². The number of aryl methyl sites for hydroxylation is 1. The summed E-state index contributed by atoms with van der Waals surface area (Å²) in [6.07, 6.45) is 2.97. The van der Waals surface area contributed by atoms with E-state index < -0.39 is 0 Å². The van der Waals surface area contributed by atoms with Gasteiger partial charge in [-0.2, -0.15) is 0 Å². The Labute approximate surface area is 134 Å². The summed E-state index contributed by atoms with van der Waals surface area (Å²) in [5.41, 5.74) is 2.37. The molecule has 0 saturated carbocycles. The first-order chi connectivity index (χ1) is 10.2. The fourth-order valence-electron chi connectivity index (χ4n) is 2.58. The minimum Gasteiger partial charge on any atom is -0.310 e. The zero-order chi connectivity index (χ0) is 15.1. The Hall–Kier alpha value is -1.19.